The van der Waals surface area contributed by atoms with Crippen molar-refractivity contribution in [1.82, 2.24) is 19.9 Å². The summed E-state index contributed by atoms with van der Waals surface area (Å²) in [6.07, 6.45) is 3.56. The molecule has 8 heteroatoms. The van der Waals surface area contributed by atoms with E-state index in [4.69, 9.17) is 4.98 Å². The van der Waals surface area contributed by atoms with Crippen LogP contribution in [0, 0.1) is 13.8 Å². The Morgan fingerprint density at radius 2 is 1.56 bits per heavy atom. The topological polar surface area (TPSA) is 98.5 Å². The summed E-state index contributed by atoms with van der Waals surface area (Å²) in [5, 5.41) is 18.6. The van der Waals surface area contributed by atoms with Crippen molar-refractivity contribution in [2.24, 2.45) is 0 Å². The van der Waals surface area contributed by atoms with Crippen molar-refractivity contribution in [2.75, 3.05) is 49.2 Å². The van der Waals surface area contributed by atoms with E-state index in [2.05, 4.69) is 19.9 Å². The van der Waals surface area contributed by atoms with Gasteiger partial charge in [0, 0.05) is 26.2 Å². The molecule has 0 saturated carbocycles. The van der Waals surface area contributed by atoms with E-state index in [1.807, 2.05) is 13.8 Å². The normalized spacial score (nSPS) is 15.0. The molecule has 3 rings (SSSR count). The van der Waals surface area contributed by atoms with Crippen LogP contribution in [0.1, 0.15) is 30.8 Å². The number of anilines is 2. The van der Waals surface area contributed by atoms with Gasteiger partial charge in [-0.1, -0.05) is 0 Å². The SMILES string of the molecule is Cc1nc(N2CCCCC2)c2nc(N(CCO)CCO)nc(C)c2n1. The molecule has 0 aliphatic carbocycles. The summed E-state index contributed by atoms with van der Waals surface area (Å²) < 4.78 is 0. The predicted octanol–water partition coefficient (Wildman–Crippen LogP) is 0.818. The molecule has 2 aromatic heterocycles. The second kappa shape index (κ2) is 7.88. The number of aliphatic hydroxyl groups is 2. The van der Waals surface area contributed by atoms with Crippen LogP contribution >= 0.6 is 0 Å². The zero-order chi connectivity index (χ0) is 17.8. The lowest BCUT2D eigenvalue weighted by Crippen LogP contribution is -2.32. The van der Waals surface area contributed by atoms with Gasteiger partial charge in [-0.05, 0) is 33.1 Å². The van der Waals surface area contributed by atoms with Gasteiger partial charge in [-0.25, -0.2) is 19.9 Å². The summed E-state index contributed by atoms with van der Waals surface area (Å²) in [5.74, 6) is 2.08. The van der Waals surface area contributed by atoms with E-state index >= 15 is 0 Å². The Bertz CT molecular complexity index is 727. The third-order valence-electron chi connectivity index (χ3n) is 4.48. The minimum absolute atomic E-state index is 0.0240. The largest absolute Gasteiger partial charge is 0.395 e. The van der Waals surface area contributed by atoms with Gasteiger partial charge < -0.3 is 20.0 Å². The lowest BCUT2D eigenvalue weighted by molar-refractivity contribution is 0.280. The lowest BCUT2D eigenvalue weighted by Gasteiger charge is -2.29. The van der Waals surface area contributed by atoms with Gasteiger partial charge in [0.1, 0.15) is 16.9 Å². The van der Waals surface area contributed by atoms with E-state index in [-0.39, 0.29) is 13.2 Å². The molecule has 25 heavy (non-hydrogen) atoms. The van der Waals surface area contributed by atoms with Crippen LogP contribution in [0.25, 0.3) is 11.0 Å². The van der Waals surface area contributed by atoms with E-state index in [0.717, 1.165) is 54.3 Å². The van der Waals surface area contributed by atoms with Gasteiger partial charge in [0.25, 0.3) is 0 Å². The molecule has 1 aliphatic rings. The molecule has 1 fully saturated rings. The van der Waals surface area contributed by atoms with Crippen LogP contribution in [0.2, 0.25) is 0 Å². The molecule has 136 valence electrons. The molecule has 8 nitrogen and oxygen atoms in total. The van der Waals surface area contributed by atoms with Crippen LogP contribution in [0.4, 0.5) is 11.8 Å². The lowest BCUT2D eigenvalue weighted by atomic mass is 10.1. The zero-order valence-electron chi connectivity index (χ0n) is 14.9. The fraction of sp³-hybridized carbons (Fsp3) is 0.647. The first kappa shape index (κ1) is 17.8. The van der Waals surface area contributed by atoms with Gasteiger partial charge in [0.2, 0.25) is 5.95 Å². The van der Waals surface area contributed by atoms with Crippen LogP contribution in [0.5, 0.6) is 0 Å². The minimum Gasteiger partial charge on any atom is -0.395 e. The Hall–Kier alpha value is -2.06. The molecular weight excluding hydrogens is 320 g/mol. The van der Waals surface area contributed by atoms with Gasteiger partial charge in [-0.15, -0.1) is 0 Å². The highest BCUT2D eigenvalue weighted by atomic mass is 16.3. The van der Waals surface area contributed by atoms with Gasteiger partial charge >= 0.3 is 0 Å². The number of hydrogen-bond acceptors (Lipinski definition) is 8. The zero-order valence-corrected chi connectivity index (χ0v) is 14.9. The molecule has 0 amide bonds. The molecule has 0 radical (unpaired) electrons. The van der Waals surface area contributed by atoms with Crippen molar-refractivity contribution in [1.29, 1.82) is 0 Å². The van der Waals surface area contributed by atoms with Gasteiger partial charge in [-0.3, -0.25) is 0 Å². The number of nitrogens with zero attached hydrogens (tertiary/aromatic N) is 6. The van der Waals surface area contributed by atoms with Crippen molar-refractivity contribution >= 4 is 22.8 Å². The summed E-state index contributed by atoms with van der Waals surface area (Å²) in [6.45, 7) is 6.45. The number of aliphatic hydroxyl groups excluding tert-OH is 2. The highest BCUT2D eigenvalue weighted by Crippen LogP contribution is 2.27. The van der Waals surface area contributed by atoms with Crippen LogP contribution in [0.3, 0.4) is 0 Å². The summed E-state index contributed by atoms with van der Waals surface area (Å²) >= 11 is 0. The summed E-state index contributed by atoms with van der Waals surface area (Å²) in [4.78, 5) is 22.5. The molecule has 0 spiro atoms. The molecule has 0 unspecified atom stereocenters. The Kier molecular flexibility index (Phi) is 5.60. The van der Waals surface area contributed by atoms with Gasteiger partial charge in [-0.2, -0.15) is 0 Å². The molecule has 2 aromatic rings. The summed E-state index contributed by atoms with van der Waals surface area (Å²) in [6, 6.07) is 0. The molecule has 0 aromatic carbocycles. The molecule has 0 bridgehead atoms. The first-order valence-corrected chi connectivity index (χ1v) is 8.88. The Morgan fingerprint density at radius 1 is 0.880 bits per heavy atom. The average Bonchev–Trinajstić information content (AvgIpc) is 2.62. The standard InChI is InChI=1S/C17H26N6O2/c1-12-14-15(21-17(18-12)23(8-10-24)9-11-25)16(20-13(2)19-14)22-6-4-3-5-7-22/h24-25H,3-11H2,1-2H3. The van der Waals surface area contributed by atoms with Crippen molar-refractivity contribution in [3.05, 3.63) is 11.5 Å². The van der Waals surface area contributed by atoms with Crippen molar-refractivity contribution in [3.63, 3.8) is 0 Å². The fourth-order valence-electron chi connectivity index (χ4n) is 3.26. The third-order valence-corrected chi connectivity index (χ3v) is 4.48. The highest BCUT2D eigenvalue weighted by molar-refractivity contribution is 5.88. The molecule has 0 atom stereocenters. The Labute approximate surface area is 147 Å². The molecule has 1 aliphatic heterocycles. The van der Waals surface area contributed by atoms with Gasteiger partial charge in [0.05, 0.1) is 18.9 Å². The quantitative estimate of drug-likeness (QED) is 0.793. The van der Waals surface area contributed by atoms with E-state index in [1.165, 1.54) is 6.42 Å². The number of fused-ring (bicyclic) bond motifs is 1. The molecule has 2 N–H and O–H groups in total. The maximum atomic E-state index is 9.29. The van der Waals surface area contributed by atoms with Crippen LogP contribution in [-0.2, 0) is 0 Å². The van der Waals surface area contributed by atoms with Crippen LogP contribution < -0.4 is 9.80 Å². The molecule has 3 heterocycles. The number of hydrogen-bond donors (Lipinski definition) is 2. The van der Waals surface area contributed by atoms with Gasteiger partial charge in [0.15, 0.2) is 5.82 Å². The van der Waals surface area contributed by atoms with E-state index in [1.54, 1.807) is 4.90 Å². The number of piperidine rings is 1. The summed E-state index contributed by atoms with van der Waals surface area (Å²) in [5.41, 5.74) is 2.30. The van der Waals surface area contributed by atoms with Crippen molar-refractivity contribution in [2.45, 2.75) is 33.1 Å². The highest BCUT2D eigenvalue weighted by Gasteiger charge is 2.21. The second-order valence-corrected chi connectivity index (χ2v) is 6.38. The Balaban J connectivity index is 2.11. The maximum absolute atomic E-state index is 9.29. The number of aromatic nitrogens is 4. The summed E-state index contributed by atoms with van der Waals surface area (Å²) in [7, 11) is 0. The maximum Gasteiger partial charge on any atom is 0.226 e. The molecule has 1 saturated heterocycles. The molecular formula is C17H26N6O2. The van der Waals surface area contributed by atoms with Crippen molar-refractivity contribution < 1.29 is 10.2 Å². The van der Waals surface area contributed by atoms with Crippen molar-refractivity contribution in [3.8, 4) is 0 Å². The first-order valence-electron chi connectivity index (χ1n) is 8.88. The Morgan fingerprint density at radius 3 is 2.20 bits per heavy atom. The minimum atomic E-state index is -0.0240. The van der Waals surface area contributed by atoms with Crippen LogP contribution in [0.15, 0.2) is 0 Å². The average molecular weight is 346 g/mol. The monoisotopic (exact) mass is 346 g/mol. The fourth-order valence-corrected chi connectivity index (χ4v) is 3.26. The predicted molar refractivity (Wildman–Crippen MR) is 97.1 cm³/mol. The number of aryl methyl sites for hydroxylation is 2. The van der Waals surface area contributed by atoms with E-state index in [0.29, 0.717) is 19.0 Å². The third kappa shape index (κ3) is 3.80. The smallest absolute Gasteiger partial charge is 0.226 e. The first-order chi connectivity index (χ1) is 12.1. The second-order valence-electron chi connectivity index (χ2n) is 6.38. The van der Waals surface area contributed by atoms with Crippen LogP contribution in [-0.4, -0.2) is 69.5 Å². The van der Waals surface area contributed by atoms with E-state index in [9.17, 15) is 10.2 Å². The van der Waals surface area contributed by atoms with E-state index < -0.39 is 0 Å². The number of rotatable bonds is 6.